The number of hydrogen-bond donors (Lipinski definition) is 1. The van der Waals surface area contributed by atoms with Crippen LogP contribution in [0.5, 0.6) is 0 Å². The first kappa shape index (κ1) is 15.4. The van der Waals surface area contributed by atoms with Gasteiger partial charge in [-0.25, -0.2) is 0 Å². The summed E-state index contributed by atoms with van der Waals surface area (Å²) >= 11 is 1.69. The third-order valence-electron chi connectivity index (χ3n) is 3.88. The Morgan fingerprint density at radius 2 is 1.95 bits per heavy atom. The molecule has 0 amide bonds. The maximum Gasteiger partial charge on any atom is 0.324 e. The molecule has 1 aliphatic heterocycles. The lowest BCUT2D eigenvalue weighted by Gasteiger charge is -2.40. The van der Waals surface area contributed by atoms with E-state index in [-0.39, 0.29) is 0 Å². The Kier molecular flexibility index (Phi) is 5.07. The average Bonchev–Trinajstić information content (AvgIpc) is 2.48. The van der Waals surface area contributed by atoms with Crippen molar-refractivity contribution in [2.24, 2.45) is 0 Å². The van der Waals surface area contributed by atoms with Crippen molar-refractivity contribution >= 4 is 17.7 Å². The van der Waals surface area contributed by atoms with Crippen LogP contribution in [0.2, 0.25) is 0 Å². The second-order valence-corrected chi connectivity index (χ2v) is 6.08. The molecular weight excluding hydrogens is 274 g/mol. The second kappa shape index (κ2) is 6.61. The lowest BCUT2D eigenvalue weighted by molar-refractivity contribution is -0.153. The van der Waals surface area contributed by atoms with Gasteiger partial charge < -0.3 is 9.84 Å². The van der Waals surface area contributed by atoms with Crippen molar-refractivity contribution in [1.29, 1.82) is 0 Å². The topological polar surface area (TPSA) is 49.8 Å². The lowest BCUT2D eigenvalue weighted by Crippen LogP contribution is -2.57. The molecule has 1 heterocycles. The summed E-state index contributed by atoms with van der Waals surface area (Å²) in [6, 6.07) is 8.13. The predicted molar refractivity (Wildman–Crippen MR) is 80.4 cm³/mol. The third kappa shape index (κ3) is 3.34. The molecular formula is C15H21NO3S. The number of morpholine rings is 1. The number of benzene rings is 1. The van der Waals surface area contributed by atoms with Gasteiger partial charge in [0.25, 0.3) is 0 Å². The van der Waals surface area contributed by atoms with E-state index in [0.717, 1.165) is 5.56 Å². The van der Waals surface area contributed by atoms with Gasteiger partial charge in [-0.2, -0.15) is 0 Å². The molecule has 4 nitrogen and oxygen atoms in total. The van der Waals surface area contributed by atoms with E-state index >= 15 is 0 Å². The van der Waals surface area contributed by atoms with Gasteiger partial charge in [-0.05, 0) is 30.9 Å². The SMILES string of the molecule is CSc1ccc(CC(C)(C(=O)O)N2CCOCC2)cc1. The van der Waals surface area contributed by atoms with Gasteiger partial charge in [0.1, 0.15) is 5.54 Å². The summed E-state index contributed by atoms with van der Waals surface area (Å²) in [5.74, 6) is -0.770. The molecule has 0 saturated carbocycles. The third-order valence-corrected chi connectivity index (χ3v) is 4.62. The van der Waals surface area contributed by atoms with E-state index in [2.05, 4.69) is 0 Å². The molecule has 1 atom stereocenters. The summed E-state index contributed by atoms with van der Waals surface area (Å²) in [5, 5.41) is 9.66. The number of carboxylic acids is 1. The van der Waals surface area contributed by atoms with Crippen LogP contribution >= 0.6 is 11.8 Å². The Hall–Kier alpha value is -1.04. The van der Waals surface area contributed by atoms with Gasteiger partial charge >= 0.3 is 5.97 Å². The van der Waals surface area contributed by atoms with E-state index in [9.17, 15) is 9.90 Å². The minimum atomic E-state index is -0.870. The van der Waals surface area contributed by atoms with Crippen LogP contribution in [0.4, 0.5) is 0 Å². The molecule has 1 N–H and O–H groups in total. The molecule has 0 bridgehead atoms. The number of hydrogen-bond acceptors (Lipinski definition) is 4. The normalized spacial score (nSPS) is 19.5. The summed E-state index contributed by atoms with van der Waals surface area (Å²) in [6.07, 6.45) is 2.54. The highest BCUT2D eigenvalue weighted by molar-refractivity contribution is 7.98. The maximum absolute atomic E-state index is 11.8. The molecule has 1 unspecified atom stereocenters. The van der Waals surface area contributed by atoms with Crippen LogP contribution in [0.15, 0.2) is 29.2 Å². The predicted octanol–water partition coefficient (Wildman–Crippen LogP) is 2.13. The van der Waals surface area contributed by atoms with Crippen molar-refractivity contribution in [2.45, 2.75) is 23.8 Å². The Balaban J connectivity index is 2.16. The van der Waals surface area contributed by atoms with Gasteiger partial charge in [0.05, 0.1) is 13.2 Å². The fraction of sp³-hybridized carbons (Fsp3) is 0.533. The lowest BCUT2D eigenvalue weighted by atomic mass is 9.90. The van der Waals surface area contributed by atoms with Gasteiger partial charge in [-0.3, -0.25) is 9.69 Å². The molecule has 1 aromatic carbocycles. The molecule has 110 valence electrons. The zero-order valence-electron chi connectivity index (χ0n) is 12.0. The van der Waals surface area contributed by atoms with Crippen molar-refractivity contribution in [1.82, 2.24) is 4.90 Å². The zero-order valence-corrected chi connectivity index (χ0v) is 12.8. The first-order valence-corrected chi connectivity index (χ1v) is 7.98. The summed E-state index contributed by atoms with van der Waals surface area (Å²) in [4.78, 5) is 15.0. The van der Waals surface area contributed by atoms with E-state index < -0.39 is 11.5 Å². The first-order valence-electron chi connectivity index (χ1n) is 6.75. The van der Waals surface area contributed by atoms with Crippen LogP contribution < -0.4 is 0 Å². The highest BCUT2D eigenvalue weighted by Crippen LogP contribution is 2.24. The van der Waals surface area contributed by atoms with E-state index in [4.69, 9.17) is 4.74 Å². The van der Waals surface area contributed by atoms with Gasteiger partial charge in [0, 0.05) is 24.4 Å². The van der Waals surface area contributed by atoms with Crippen LogP contribution in [-0.2, 0) is 16.0 Å². The Morgan fingerprint density at radius 3 is 2.45 bits per heavy atom. The molecule has 20 heavy (non-hydrogen) atoms. The summed E-state index contributed by atoms with van der Waals surface area (Å²) in [6.45, 7) is 4.36. The van der Waals surface area contributed by atoms with Crippen molar-refractivity contribution in [2.75, 3.05) is 32.6 Å². The Morgan fingerprint density at radius 1 is 1.35 bits per heavy atom. The largest absolute Gasteiger partial charge is 0.480 e. The quantitative estimate of drug-likeness (QED) is 0.843. The minimum absolute atomic E-state index is 0.511. The highest BCUT2D eigenvalue weighted by atomic mass is 32.2. The number of carboxylic acid groups (broad SMARTS) is 1. The average molecular weight is 295 g/mol. The second-order valence-electron chi connectivity index (χ2n) is 5.20. The Labute approximate surface area is 124 Å². The standard InChI is InChI=1S/C15H21NO3S/c1-15(14(17)18,16-7-9-19-10-8-16)11-12-3-5-13(20-2)6-4-12/h3-6H,7-11H2,1-2H3,(H,17,18). The van der Waals surface area contributed by atoms with Gasteiger partial charge in [-0.1, -0.05) is 12.1 Å². The van der Waals surface area contributed by atoms with Gasteiger partial charge in [-0.15, -0.1) is 11.8 Å². The maximum atomic E-state index is 11.8. The number of nitrogens with zero attached hydrogens (tertiary/aromatic N) is 1. The van der Waals surface area contributed by atoms with Gasteiger partial charge in [0.15, 0.2) is 0 Å². The highest BCUT2D eigenvalue weighted by Gasteiger charge is 2.40. The van der Waals surface area contributed by atoms with Crippen LogP contribution in [-0.4, -0.2) is 54.1 Å². The molecule has 5 heteroatoms. The van der Waals surface area contributed by atoms with Crippen LogP contribution in [0.3, 0.4) is 0 Å². The first-order chi connectivity index (χ1) is 9.56. The van der Waals surface area contributed by atoms with E-state index in [0.29, 0.717) is 32.7 Å². The fourth-order valence-corrected chi connectivity index (χ4v) is 2.93. The van der Waals surface area contributed by atoms with Crippen molar-refractivity contribution in [3.8, 4) is 0 Å². The zero-order chi connectivity index (χ0) is 14.6. The van der Waals surface area contributed by atoms with E-state index in [1.165, 1.54) is 4.90 Å². The smallest absolute Gasteiger partial charge is 0.324 e. The van der Waals surface area contributed by atoms with Crippen molar-refractivity contribution < 1.29 is 14.6 Å². The number of thioether (sulfide) groups is 1. The molecule has 0 aromatic heterocycles. The summed E-state index contributed by atoms with van der Waals surface area (Å²) in [7, 11) is 0. The van der Waals surface area contributed by atoms with Crippen LogP contribution in [0, 0.1) is 0 Å². The minimum Gasteiger partial charge on any atom is -0.480 e. The Bertz CT molecular complexity index is 457. The van der Waals surface area contributed by atoms with Crippen LogP contribution in [0.1, 0.15) is 12.5 Å². The van der Waals surface area contributed by atoms with E-state index in [1.807, 2.05) is 42.3 Å². The van der Waals surface area contributed by atoms with Gasteiger partial charge in [0.2, 0.25) is 0 Å². The molecule has 2 rings (SSSR count). The number of carbonyl (C=O) groups is 1. The molecule has 1 saturated heterocycles. The van der Waals surface area contributed by atoms with E-state index in [1.54, 1.807) is 11.8 Å². The molecule has 0 spiro atoms. The number of ether oxygens (including phenoxy) is 1. The monoisotopic (exact) mass is 295 g/mol. The molecule has 0 radical (unpaired) electrons. The molecule has 1 aromatic rings. The summed E-state index contributed by atoms with van der Waals surface area (Å²) in [5.41, 5.74) is 0.184. The molecule has 1 aliphatic rings. The summed E-state index contributed by atoms with van der Waals surface area (Å²) < 4.78 is 5.32. The molecule has 0 aliphatic carbocycles. The number of aliphatic carboxylic acids is 1. The molecule has 1 fully saturated rings. The van der Waals surface area contributed by atoms with Crippen molar-refractivity contribution in [3.63, 3.8) is 0 Å². The fourth-order valence-electron chi connectivity index (χ4n) is 2.52. The number of rotatable bonds is 5. The van der Waals surface area contributed by atoms with Crippen LogP contribution in [0.25, 0.3) is 0 Å². The van der Waals surface area contributed by atoms with Crippen molar-refractivity contribution in [3.05, 3.63) is 29.8 Å².